The molecule has 0 amide bonds. The lowest BCUT2D eigenvalue weighted by Gasteiger charge is -2.20. The van der Waals surface area contributed by atoms with Crippen molar-refractivity contribution < 1.29 is 0 Å². The fourth-order valence-electron chi connectivity index (χ4n) is 1.83. The van der Waals surface area contributed by atoms with Crippen LogP contribution in [0.15, 0.2) is 12.1 Å². The highest BCUT2D eigenvalue weighted by atomic mass is 32.1. The average Bonchev–Trinajstić information content (AvgIpc) is 2.70. The average molecular weight is 239 g/mol. The Morgan fingerprint density at radius 1 is 1.31 bits per heavy atom. The molecule has 2 atom stereocenters. The second-order valence-corrected chi connectivity index (χ2v) is 6.02. The maximum Gasteiger partial charge on any atom is 0.0417 e. The molecular formula is C14H25NS. The molecule has 16 heavy (non-hydrogen) atoms. The van der Waals surface area contributed by atoms with Gasteiger partial charge in [0.05, 0.1) is 0 Å². The standard InChI is InChI=1S/C14H25NS/c1-5-9-15-13(10-11(3)6-2)14-8-7-12(4)16-14/h7-8,11,13,15H,5-6,9-10H2,1-4H3. The van der Waals surface area contributed by atoms with Crippen LogP contribution in [0, 0.1) is 12.8 Å². The smallest absolute Gasteiger partial charge is 0.0417 e. The monoisotopic (exact) mass is 239 g/mol. The van der Waals surface area contributed by atoms with Crippen LogP contribution in [-0.4, -0.2) is 6.54 Å². The summed E-state index contributed by atoms with van der Waals surface area (Å²) in [7, 11) is 0. The molecule has 0 bridgehead atoms. The summed E-state index contributed by atoms with van der Waals surface area (Å²) >= 11 is 1.94. The van der Waals surface area contributed by atoms with Crippen LogP contribution in [0.25, 0.3) is 0 Å². The van der Waals surface area contributed by atoms with Crippen molar-refractivity contribution in [3.05, 3.63) is 21.9 Å². The van der Waals surface area contributed by atoms with Gasteiger partial charge in [0, 0.05) is 15.8 Å². The molecule has 0 aromatic carbocycles. The Hall–Kier alpha value is -0.340. The summed E-state index contributed by atoms with van der Waals surface area (Å²) in [6.07, 6.45) is 3.74. The van der Waals surface area contributed by atoms with Crippen molar-refractivity contribution in [2.75, 3.05) is 6.54 Å². The fraction of sp³-hybridized carbons (Fsp3) is 0.714. The maximum absolute atomic E-state index is 3.67. The van der Waals surface area contributed by atoms with Gasteiger partial charge in [-0.25, -0.2) is 0 Å². The third-order valence-corrected chi connectivity index (χ3v) is 4.19. The molecule has 0 fully saturated rings. The van der Waals surface area contributed by atoms with E-state index in [0.29, 0.717) is 6.04 Å². The molecule has 0 saturated heterocycles. The maximum atomic E-state index is 3.67. The zero-order valence-electron chi connectivity index (χ0n) is 11.0. The number of rotatable bonds is 7. The first kappa shape index (κ1) is 13.7. The van der Waals surface area contributed by atoms with Gasteiger partial charge in [0.2, 0.25) is 0 Å². The molecule has 2 unspecified atom stereocenters. The predicted octanol–water partition coefficient (Wildman–Crippen LogP) is 4.53. The summed E-state index contributed by atoms with van der Waals surface area (Å²) in [5, 5.41) is 3.67. The first-order valence-electron chi connectivity index (χ1n) is 6.47. The minimum atomic E-state index is 0.564. The lowest BCUT2D eigenvalue weighted by atomic mass is 9.98. The van der Waals surface area contributed by atoms with Crippen LogP contribution in [-0.2, 0) is 0 Å². The number of thiophene rings is 1. The Bertz CT molecular complexity index is 293. The van der Waals surface area contributed by atoms with Crippen LogP contribution in [0.4, 0.5) is 0 Å². The van der Waals surface area contributed by atoms with Gasteiger partial charge in [0.15, 0.2) is 0 Å². The minimum absolute atomic E-state index is 0.564. The van der Waals surface area contributed by atoms with Crippen LogP contribution < -0.4 is 5.32 Å². The highest BCUT2D eigenvalue weighted by molar-refractivity contribution is 7.12. The van der Waals surface area contributed by atoms with Gasteiger partial charge in [-0.15, -0.1) is 11.3 Å². The quantitative estimate of drug-likeness (QED) is 0.737. The lowest BCUT2D eigenvalue weighted by Crippen LogP contribution is -2.23. The van der Waals surface area contributed by atoms with E-state index in [4.69, 9.17) is 0 Å². The second-order valence-electron chi connectivity index (χ2n) is 4.70. The number of hydrogen-bond donors (Lipinski definition) is 1. The molecule has 1 aromatic rings. The molecule has 0 spiro atoms. The van der Waals surface area contributed by atoms with Crippen LogP contribution >= 0.6 is 11.3 Å². The second kappa shape index (κ2) is 7.08. The van der Waals surface area contributed by atoms with E-state index < -0.39 is 0 Å². The van der Waals surface area contributed by atoms with Gasteiger partial charge in [-0.1, -0.05) is 27.2 Å². The Morgan fingerprint density at radius 2 is 2.06 bits per heavy atom. The first-order valence-corrected chi connectivity index (χ1v) is 7.28. The molecule has 1 nitrogen and oxygen atoms in total. The highest BCUT2D eigenvalue weighted by Gasteiger charge is 2.15. The van der Waals surface area contributed by atoms with Crippen molar-refractivity contribution >= 4 is 11.3 Å². The van der Waals surface area contributed by atoms with E-state index >= 15 is 0 Å². The van der Waals surface area contributed by atoms with Gasteiger partial charge in [-0.3, -0.25) is 0 Å². The van der Waals surface area contributed by atoms with Crippen molar-refractivity contribution in [3.8, 4) is 0 Å². The summed E-state index contributed by atoms with van der Waals surface area (Å²) in [6, 6.07) is 5.08. The van der Waals surface area contributed by atoms with Gasteiger partial charge in [0.25, 0.3) is 0 Å². The van der Waals surface area contributed by atoms with Crippen LogP contribution in [0.3, 0.4) is 0 Å². The summed E-state index contributed by atoms with van der Waals surface area (Å²) < 4.78 is 0. The molecule has 0 aliphatic rings. The zero-order chi connectivity index (χ0) is 12.0. The van der Waals surface area contributed by atoms with Crippen molar-refractivity contribution in [3.63, 3.8) is 0 Å². The highest BCUT2D eigenvalue weighted by Crippen LogP contribution is 2.28. The fourth-order valence-corrected chi connectivity index (χ4v) is 2.79. The molecule has 1 N–H and O–H groups in total. The Morgan fingerprint density at radius 3 is 2.56 bits per heavy atom. The summed E-state index contributed by atoms with van der Waals surface area (Å²) in [5.41, 5.74) is 0. The third-order valence-electron chi connectivity index (χ3n) is 3.08. The minimum Gasteiger partial charge on any atom is -0.309 e. The normalized spacial score (nSPS) is 15.0. The third kappa shape index (κ3) is 4.26. The topological polar surface area (TPSA) is 12.0 Å². The van der Waals surface area contributed by atoms with E-state index in [0.717, 1.165) is 12.5 Å². The summed E-state index contributed by atoms with van der Waals surface area (Å²) in [4.78, 5) is 2.92. The number of aryl methyl sites for hydroxylation is 1. The van der Waals surface area contributed by atoms with Crippen molar-refractivity contribution in [1.82, 2.24) is 5.32 Å². The van der Waals surface area contributed by atoms with Gasteiger partial charge >= 0.3 is 0 Å². The molecular weight excluding hydrogens is 214 g/mol. The van der Waals surface area contributed by atoms with E-state index in [1.54, 1.807) is 0 Å². The number of nitrogens with one attached hydrogen (secondary N) is 1. The summed E-state index contributed by atoms with van der Waals surface area (Å²) in [6.45, 7) is 10.2. The lowest BCUT2D eigenvalue weighted by molar-refractivity contribution is 0.406. The Balaban J connectivity index is 2.62. The van der Waals surface area contributed by atoms with Crippen LogP contribution in [0.2, 0.25) is 0 Å². The molecule has 2 heteroatoms. The van der Waals surface area contributed by atoms with Crippen LogP contribution in [0.1, 0.15) is 55.8 Å². The Kier molecular flexibility index (Phi) is 6.07. The number of hydrogen-bond acceptors (Lipinski definition) is 2. The molecule has 0 radical (unpaired) electrons. The van der Waals surface area contributed by atoms with E-state index in [-0.39, 0.29) is 0 Å². The first-order chi connectivity index (χ1) is 7.67. The molecule has 0 saturated carbocycles. The van der Waals surface area contributed by atoms with E-state index in [2.05, 4.69) is 45.1 Å². The molecule has 0 aliphatic carbocycles. The van der Waals surface area contributed by atoms with Gasteiger partial charge in [-0.2, -0.15) is 0 Å². The van der Waals surface area contributed by atoms with Crippen molar-refractivity contribution in [2.45, 2.75) is 53.0 Å². The zero-order valence-corrected chi connectivity index (χ0v) is 11.9. The molecule has 1 rings (SSSR count). The van der Waals surface area contributed by atoms with E-state index in [1.165, 1.54) is 29.0 Å². The SMILES string of the molecule is CCCNC(CC(C)CC)c1ccc(C)s1. The van der Waals surface area contributed by atoms with Gasteiger partial charge in [0.1, 0.15) is 0 Å². The molecule has 0 aliphatic heterocycles. The summed E-state index contributed by atoms with van der Waals surface area (Å²) in [5.74, 6) is 0.803. The van der Waals surface area contributed by atoms with Gasteiger partial charge in [-0.05, 0) is 44.4 Å². The van der Waals surface area contributed by atoms with Gasteiger partial charge < -0.3 is 5.32 Å². The molecule has 92 valence electrons. The molecule has 1 aromatic heterocycles. The Labute approximate surface area is 104 Å². The van der Waals surface area contributed by atoms with Crippen LogP contribution in [0.5, 0.6) is 0 Å². The van der Waals surface area contributed by atoms with E-state index in [9.17, 15) is 0 Å². The largest absolute Gasteiger partial charge is 0.309 e. The molecule has 1 heterocycles. The predicted molar refractivity (Wildman–Crippen MR) is 74.2 cm³/mol. The van der Waals surface area contributed by atoms with E-state index in [1.807, 2.05) is 11.3 Å². The van der Waals surface area contributed by atoms with Crippen molar-refractivity contribution in [1.29, 1.82) is 0 Å². The van der Waals surface area contributed by atoms with Crippen molar-refractivity contribution in [2.24, 2.45) is 5.92 Å².